The molecule has 2 rings (SSSR count). The van der Waals surface area contributed by atoms with Crippen LogP contribution >= 0.6 is 0 Å². The van der Waals surface area contributed by atoms with E-state index in [0.29, 0.717) is 6.61 Å². The Bertz CT molecular complexity index is 636. The predicted octanol–water partition coefficient (Wildman–Crippen LogP) is 1.79. The van der Waals surface area contributed by atoms with Crippen LogP contribution in [-0.2, 0) is 20.9 Å². The topological polar surface area (TPSA) is 59.1 Å². The summed E-state index contributed by atoms with van der Waals surface area (Å²) in [5, 5.41) is 0. The highest BCUT2D eigenvalue weighted by Gasteiger charge is 2.37. The summed E-state index contributed by atoms with van der Waals surface area (Å²) in [6.07, 6.45) is -4.83. The molecule has 1 atom stereocenters. The Hall–Kier alpha value is -2.29. The van der Waals surface area contributed by atoms with Gasteiger partial charge < -0.3 is 19.3 Å². The number of hydrogen-bond donors (Lipinski definition) is 0. The summed E-state index contributed by atoms with van der Waals surface area (Å²) in [4.78, 5) is 27.3. The number of benzene rings is 1. The molecule has 0 radical (unpaired) electrons. The number of halogens is 3. The summed E-state index contributed by atoms with van der Waals surface area (Å²) in [6, 6.07) is 4.78. The Morgan fingerprint density at radius 3 is 2.56 bits per heavy atom. The standard InChI is InChI=1S/C16H19F3N2O4/c1-11-15(23)20(7-8-24-2)10-14(22)21(11)9-12-5-3-4-6-13(12)25-16(17,18)19/h3-6,11H,7-10H2,1-2H3/t11-/m0/s1. The molecular weight excluding hydrogens is 341 g/mol. The van der Waals surface area contributed by atoms with Crippen LogP contribution in [0, 0.1) is 0 Å². The fourth-order valence-corrected chi connectivity index (χ4v) is 2.60. The molecule has 1 aromatic carbocycles. The van der Waals surface area contributed by atoms with Crippen molar-refractivity contribution in [3.63, 3.8) is 0 Å². The molecule has 2 amide bonds. The van der Waals surface area contributed by atoms with Crippen LogP contribution in [0.1, 0.15) is 12.5 Å². The number of methoxy groups -OCH3 is 1. The SMILES string of the molecule is COCCN1CC(=O)N(Cc2ccccc2OC(F)(F)F)[C@@H](C)C1=O. The van der Waals surface area contributed by atoms with Crippen LogP contribution in [0.2, 0.25) is 0 Å². The van der Waals surface area contributed by atoms with Gasteiger partial charge in [0.15, 0.2) is 0 Å². The molecule has 0 unspecified atom stereocenters. The van der Waals surface area contributed by atoms with Crippen LogP contribution in [0.25, 0.3) is 0 Å². The zero-order valence-corrected chi connectivity index (χ0v) is 13.9. The number of nitrogens with zero attached hydrogens (tertiary/aromatic N) is 2. The van der Waals surface area contributed by atoms with Crippen molar-refractivity contribution in [1.29, 1.82) is 0 Å². The van der Waals surface area contributed by atoms with Crippen LogP contribution in [0.15, 0.2) is 24.3 Å². The van der Waals surface area contributed by atoms with Gasteiger partial charge in [0, 0.05) is 19.2 Å². The van der Waals surface area contributed by atoms with E-state index in [2.05, 4.69) is 4.74 Å². The van der Waals surface area contributed by atoms with E-state index in [1.807, 2.05) is 0 Å². The molecule has 0 bridgehead atoms. The summed E-state index contributed by atoms with van der Waals surface area (Å²) in [5.41, 5.74) is 0.179. The van der Waals surface area contributed by atoms with Gasteiger partial charge in [0.25, 0.3) is 0 Å². The average molecular weight is 360 g/mol. The van der Waals surface area contributed by atoms with E-state index in [-0.39, 0.29) is 42.8 Å². The van der Waals surface area contributed by atoms with E-state index in [0.717, 1.165) is 0 Å². The van der Waals surface area contributed by atoms with Crippen molar-refractivity contribution in [1.82, 2.24) is 9.80 Å². The maximum atomic E-state index is 12.5. The number of carbonyl (C=O) groups is 2. The largest absolute Gasteiger partial charge is 0.573 e. The molecule has 0 N–H and O–H groups in total. The monoisotopic (exact) mass is 360 g/mol. The van der Waals surface area contributed by atoms with E-state index < -0.39 is 12.4 Å². The number of hydrogen-bond acceptors (Lipinski definition) is 4. The average Bonchev–Trinajstić information content (AvgIpc) is 2.53. The molecule has 0 aliphatic carbocycles. The van der Waals surface area contributed by atoms with Crippen molar-refractivity contribution in [3.05, 3.63) is 29.8 Å². The van der Waals surface area contributed by atoms with Gasteiger partial charge in [0.1, 0.15) is 11.8 Å². The van der Waals surface area contributed by atoms with Gasteiger partial charge in [-0.3, -0.25) is 9.59 Å². The number of ether oxygens (including phenoxy) is 2. The molecule has 9 heteroatoms. The lowest BCUT2D eigenvalue weighted by Gasteiger charge is -2.38. The first-order valence-electron chi connectivity index (χ1n) is 7.63. The van der Waals surface area contributed by atoms with Crippen LogP contribution in [-0.4, -0.2) is 60.8 Å². The maximum Gasteiger partial charge on any atom is 0.573 e. The highest BCUT2D eigenvalue weighted by Crippen LogP contribution is 2.28. The Morgan fingerprint density at radius 2 is 1.92 bits per heavy atom. The molecule has 0 spiro atoms. The Kier molecular flexibility index (Phi) is 5.89. The number of alkyl halides is 3. The van der Waals surface area contributed by atoms with E-state index in [1.54, 1.807) is 13.0 Å². The van der Waals surface area contributed by atoms with Crippen LogP contribution in [0.4, 0.5) is 13.2 Å². The second-order valence-electron chi connectivity index (χ2n) is 5.61. The minimum absolute atomic E-state index is 0.130. The molecule has 1 fully saturated rings. The number of rotatable bonds is 6. The Morgan fingerprint density at radius 1 is 1.24 bits per heavy atom. The molecule has 1 aliphatic rings. The minimum Gasteiger partial charge on any atom is -0.405 e. The van der Waals surface area contributed by atoms with Crippen molar-refractivity contribution in [2.45, 2.75) is 25.9 Å². The minimum atomic E-state index is -4.83. The summed E-state index contributed by atoms with van der Waals surface area (Å²) in [5.74, 6) is -1.000. The van der Waals surface area contributed by atoms with Crippen molar-refractivity contribution in [3.8, 4) is 5.75 Å². The quantitative estimate of drug-likeness (QED) is 0.776. The van der Waals surface area contributed by atoms with Crippen LogP contribution < -0.4 is 4.74 Å². The van der Waals surface area contributed by atoms with Gasteiger partial charge in [-0.05, 0) is 13.0 Å². The molecule has 0 aromatic heterocycles. The lowest BCUT2D eigenvalue weighted by atomic mass is 10.1. The van der Waals surface area contributed by atoms with Gasteiger partial charge in [0.2, 0.25) is 11.8 Å². The molecule has 1 saturated heterocycles. The molecule has 1 aliphatic heterocycles. The molecule has 0 saturated carbocycles. The van der Waals surface area contributed by atoms with Gasteiger partial charge in [0.05, 0.1) is 19.7 Å². The van der Waals surface area contributed by atoms with Crippen molar-refractivity contribution >= 4 is 11.8 Å². The fourth-order valence-electron chi connectivity index (χ4n) is 2.60. The molecule has 25 heavy (non-hydrogen) atoms. The first-order chi connectivity index (χ1) is 11.7. The lowest BCUT2D eigenvalue weighted by Crippen LogP contribution is -2.58. The zero-order chi connectivity index (χ0) is 18.6. The fraction of sp³-hybridized carbons (Fsp3) is 0.500. The number of piperazine rings is 1. The van der Waals surface area contributed by atoms with Gasteiger partial charge in [-0.1, -0.05) is 18.2 Å². The normalized spacial score (nSPS) is 18.7. The van der Waals surface area contributed by atoms with Gasteiger partial charge in [-0.25, -0.2) is 0 Å². The molecule has 6 nitrogen and oxygen atoms in total. The third kappa shape index (κ3) is 4.85. The van der Waals surface area contributed by atoms with Gasteiger partial charge in [-0.2, -0.15) is 0 Å². The van der Waals surface area contributed by atoms with Gasteiger partial charge in [-0.15, -0.1) is 13.2 Å². The van der Waals surface area contributed by atoms with Gasteiger partial charge >= 0.3 is 6.36 Å². The number of carbonyl (C=O) groups excluding carboxylic acids is 2. The highest BCUT2D eigenvalue weighted by atomic mass is 19.4. The van der Waals surface area contributed by atoms with E-state index >= 15 is 0 Å². The summed E-state index contributed by atoms with van der Waals surface area (Å²) in [6.45, 7) is 1.86. The highest BCUT2D eigenvalue weighted by molar-refractivity contribution is 5.94. The van der Waals surface area contributed by atoms with E-state index in [9.17, 15) is 22.8 Å². The molecule has 1 heterocycles. The first kappa shape index (κ1) is 19.0. The summed E-state index contributed by atoms with van der Waals surface area (Å²) >= 11 is 0. The maximum absolute atomic E-state index is 12.5. The van der Waals surface area contributed by atoms with Crippen LogP contribution in [0.5, 0.6) is 5.75 Å². The van der Waals surface area contributed by atoms with Crippen molar-refractivity contribution < 1.29 is 32.2 Å². The van der Waals surface area contributed by atoms with Crippen molar-refractivity contribution in [2.75, 3.05) is 26.8 Å². The molecular formula is C16H19F3N2O4. The van der Waals surface area contributed by atoms with E-state index in [4.69, 9.17) is 4.74 Å². The predicted molar refractivity (Wildman–Crippen MR) is 81.6 cm³/mol. The first-order valence-corrected chi connectivity index (χ1v) is 7.63. The summed E-state index contributed by atoms with van der Waals surface area (Å²) in [7, 11) is 1.49. The third-order valence-electron chi connectivity index (χ3n) is 3.89. The number of amides is 2. The third-order valence-corrected chi connectivity index (χ3v) is 3.89. The second-order valence-corrected chi connectivity index (χ2v) is 5.61. The Balaban J connectivity index is 2.15. The van der Waals surface area contributed by atoms with Crippen LogP contribution in [0.3, 0.4) is 0 Å². The molecule has 138 valence electrons. The van der Waals surface area contributed by atoms with E-state index in [1.165, 1.54) is 35.1 Å². The summed E-state index contributed by atoms with van der Waals surface area (Å²) < 4.78 is 46.4. The zero-order valence-electron chi connectivity index (χ0n) is 13.9. The molecule has 1 aromatic rings. The Labute approximate surface area is 143 Å². The smallest absolute Gasteiger partial charge is 0.405 e. The second kappa shape index (κ2) is 7.73. The van der Waals surface area contributed by atoms with Crippen molar-refractivity contribution in [2.24, 2.45) is 0 Å². The number of para-hydroxylation sites is 1. The lowest BCUT2D eigenvalue weighted by molar-refractivity contribution is -0.275.